The molecule has 0 atom stereocenters. The number of halogens is 1. The molecule has 0 aromatic heterocycles. The number of ether oxygens (including phenoxy) is 3. The van der Waals surface area contributed by atoms with Gasteiger partial charge in [0.25, 0.3) is 5.41 Å². The number of alkyl halides is 1. The van der Waals surface area contributed by atoms with E-state index >= 15 is 0 Å². The van der Waals surface area contributed by atoms with Gasteiger partial charge in [-0.1, -0.05) is 0 Å². The number of carbonyl (C=O) groups excluding carboxylic acids is 3. The smallest absolute Gasteiger partial charge is 0.335 e. The van der Waals surface area contributed by atoms with E-state index in [1.54, 1.807) is 20.8 Å². The van der Waals surface area contributed by atoms with Gasteiger partial charge in [0.1, 0.15) is 0 Å². The molecule has 0 unspecified atom stereocenters. The van der Waals surface area contributed by atoms with Crippen LogP contribution in [0, 0.1) is 5.41 Å². The largest absolute Gasteiger partial charge is 0.465 e. The standard InChI is InChI=1S/C12H19ClO6/c1-4-17-9(14)12(7-8-13,10(15)18-5-2)11(16)19-6-3/h4-8H2,1-3H3. The van der Waals surface area contributed by atoms with Gasteiger partial charge in [-0.3, -0.25) is 14.4 Å². The van der Waals surface area contributed by atoms with E-state index in [0.717, 1.165) is 0 Å². The monoisotopic (exact) mass is 294 g/mol. The molecule has 0 saturated heterocycles. The third kappa shape index (κ3) is 4.09. The summed E-state index contributed by atoms with van der Waals surface area (Å²) in [6.45, 7) is 4.80. The van der Waals surface area contributed by atoms with Crippen molar-refractivity contribution < 1.29 is 28.6 Å². The Hall–Kier alpha value is -1.30. The molecule has 7 heteroatoms. The second kappa shape index (κ2) is 8.74. The molecule has 0 rings (SSSR count). The van der Waals surface area contributed by atoms with Gasteiger partial charge in [0.15, 0.2) is 0 Å². The Bertz CT molecular complexity index is 283. The van der Waals surface area contributed by atoms with Gasteiger partial charge in [-0.05, 0) is 27.2 Å². The Balaban J connectivity index is 5.51. The molecule has 0 fully saturated rings. The number of carbonyl (C=O) groups is 3. The average molecular weight is 295 g/mol. The van der Waals surface area contributed by atoms with Gasteiger partial charge in [0.2, 0.25) is 0 Å². The first kappa shape index (κ1) is 17.7. The Morgan fingerprint density at radius 1 is 0.842 bits per heavy atom. The maximum Gasteiger partial charge on any atom is 0.335 e. The lowest BCUT2D eigenvalue weighted by atomic mass is 9.85. The fraction of sp³-hybridized carbons (Fsp3) is 0.750. The van der Waals surface area contributed by atoms with E-state index in [0.29, 0.717) is 0 Å². The molecule has 0 aliphatic heterocycles. The van der Waals surface area contributed by atoms with Crippen molar-refractivity contribution in [1.29, 1.82) is 0 Å². The van der Waals surface area contributed by atoms with E-state index in [1.807, 2.05) is 0 Å². The van der Waals surface area contributed by atoms with Crippen molar-refractivity contribution in [2.45, 2.75) is 27.2 Å². The van der Waals surface area contributed by atoms with Crippen molar-refractivity contribution in [3.63, 3.8) is 0 Å². The summed E-state index contributed by atoms with van der Waals surface area (Å²) in [6, 6.07) is 0. The summed E-state index contributed by atoms with van der Waals surface area (Å²) in [4.78, 5) is 36.0. The van der Waals surface area contributed by atoms with E-state index < -0.39 is 23.3 Å². The average Bonchev–Trinajstić information content (AvgIpc) is 2.36. The van der Waals surface area contributed by atoms with Gasteiger partial charge in [-0.2, -0.15) is 0 Å². The first-order valence-corrected chi connectivity index (χ1v) is 6.62. The van der Waals surface area contributed by atoms with Crippen LogP contribution in [0.4, 0.5) is 0 Å². The topological polar surface area (TPSA) is 78.9 Å². The molecule has 0 N–H and O–H groups in total. The Morgan fingerprint density at radius 2 is 1.16 bits per heavy atom. The molecule has 0 amide bonds. The number of rotatable bonds is 8. The van der Waals surface area contributed by atoms with Gasteiger partial charge in [0, 0.05) is 5.88 Å². The summed E-state index contributed by atoms with van der Waals surface area (Å²) >= 11 is 5.60. The molecular formula is C12H19ClO6. The van der Waals surface area contributed by atoms with E-state index in [-0.39, 0.29) is 32.1 Å². The minimum atomic E-state index is -2.14. The second-order valence-electron chi connectivity index (χ2n) is 3.51. The normalized spacial score (nSPS) is 10.7. The van der Waals surface area contributed by atoms with Crippen molar-refractivity contribution in [2.75, 3.05) is 25.7 Å². The highest BCUT2D eigenvalue weighted by molar-refractivity contribution is 6.21. The summed E-state index contributed by atoms with van der Waals surface area (Å²) in [6.07, 6.45) is -0.231. The highest BCUT2D eigenvalue weighted by Gasteiger charge is 2.56. The maximum atomic E-state index is 12.0. The van der Waals surface area contributed by atoms with E-state index in [9.17, 15) is 14.4 Å². The van der Waals surface area contributed by atoms with Crippen LogP contribution in [0.5, 0.6) is 0 Å². The number of hydrogen-bond donors (Lipinski definition) is 0. The lowest BCUT2D eigenvalue weighted by Crippen LogP contribution is -2.49. The summed E-state index contributed by atoms with van der Waals surface area (Å²) in [5.74, 6) is -3.07. The quantitative estimate of drug-likeness (QED) is 0.290. The van der Waals surface area contributed by atoms with Crippen molar-refractivity contribution >= 4 is 29.5 Å². The Morgan fingerprint density at radius 3 is 1.37 bits per heavy atom. The third-order valence-electron chi connectivity index (χ3n) is 2.34. The van der Waals surface area contributed by atoms with Crippen LogP contribution >= 0.6 is 11.6 Å². The molecule has 0 saturated carbocycles. The molecule has 0 bridgehead atoms. The van der Waals surface area contributed by atoms with Crippen molar-refractivity contribution in [2.24, 2.45) is 5.41 Å². The molecule has 19 heavy (non-hydrogen) atoms. The third-order valence-corrected chi connectivity index (χ3v) is 2.53. The molecule has 110 valence electrons. The molecule has 0 aliphatic rings. The summed E-state index contributed by atoms with van der Waals surface area (Å²) in [7, 11) is 0. The minimum absolute atomic E-state index is 0.0294. The molecule has 0 spiro atoms. The zero-order chi connectivity index (χ0) is 14.9. The van der Waals surface area contributed by atoms with Crippen LogP contribution in [0.3, 0.4) is 0 Å². The van der Waals surface area contributed by atoms with Crippen molar-refractivity contribution in [3.8, 4) is 0 Å². The van der Waals surface area contributed by atoms with E-state index in [2.05, 4.69) is 0 Å². The second-order valence-corrected chi connectivity index (χ2v) is 3.88. The predicted octanol–water partition coefficient (Wildman–Crippen LogP) is 1.29. The van der Waals surface area contributed by atoms with Gasteiger partial charge in [-0.15, -0.1) is 11.6 Å². The summed E-state index contributed by atoms with van der Waals surface area (Å²) in [5.41, 5.74) is -2.14. The SMILES string of the molecule is CCOC(=O)C(CCCl)(C(=O)OCC)C(=O)OCC. The van der Waals surface area contributed by atoms with Gasteiger partial charge < -0.3 is 14.2 Å². The molecule has 0 aliphatic carbocycles. The summed E-state index contributed by atoms with van der Waals surface area (Å²) < 4.78 is 14.4. The Labute approximate surface area is 117 Å². The van der Waals surface area contributed by atoms with Gasteiger partial charge in [0.05, 0.1) is 19.8 Å². The van der Waals surface area contributed by atoms with E-state index in [4.69, 9.17) is 25.8 Å². The molecule has 6 nitrogen and oxygen atoms in total. The van der Waals surface area contributed by atoms with Crippen molar-refractivity contribution in [1.82, 2.24) is 0 Å². The van der Waals surface area contributed by atoms with Gasteiger partial charge >= 0.3 is 17.9 Å². The fourth-order valence-electron chi connectivity index (χ4n) is 1.46. The lowest BCUT2D eigenvalue weighted by molar-refractivity contribution is -0.184. The maximum absolute atomic E-state index is 12.0. The zero-order valence-electron chi connectivity index (χ0n) is 11.4. The van der Waals surface area contributed by atoms with Crippen molar-refractivity contribution in [3.05, 3.63) is 0 Å². The van der Waals surface area contributed by atoms with Crippen LogP contribution < -0.4 is 0 Å². The number of esters is 3. The van der Waals surface area contributed by atoms with Crippen LogP contribution in [0.2, 0.25) is 0 Å². The van der Waals surface area contributed by atoms with Crippen LogP contribution in [-0.4, -0.2) is 43.6 Å². The molecule has 0 heterocycles. The van der Waals surface area contributed by atoms with Crippen LogP contribution in [0.25, 0.3) is 0 Å². The van der Waals surface area contributed by atoms with Crippen LogP contribution in [-0.2, 0) is 28.6 Å². The highest BCUT2D eigenvalue weighted by atomic mass is 35.5. The lowest BCUT2D eigenvalue weighted by Gasteiger charge is -2.26. The van der Waals surface area contributed by atoms with Crippen LogP contribution in [0.15, 0.2) is 0 Å². The highest BCUT2D eigenvalue weighted by Crippen LogP contribution is 2.29. The minimum Gasteiger partial charge on any atom is -0.465 e. The first-order chi connectivity index (χ1) is 9.00. The predicted molar refractivity (Wildman–Crippen MR) is 67.7 cm³/mol. The molecule has 0 radical (unpaired) electrons. The fourth-order valence-corrected chi connectivity index (χ4v) is 1.74. The van der Waals surface area contributed by atoms with Crippen LogP contribution in [0.1, 0.15) is 27.2 Å². The Kier molecular flexibility index (Phi) is 8.14. The molecule has 0 aromatic carbocycles. The van der Waals surface area contributed by atoms with Gasteiger partial charge in [-0.25, -0.2) is 0 Å². The molecule has 0 aromatic rings. The zero-order valence-corrected chi connectivity index (χ0v) is 12.1. The van der Waals surface area contributed by atoms with E-state index in [1.165, 1.54) is 0 Å². The summed E-state index contributed by atoms with van der Waals surface area (Å²) in [5, 5.41) is 0. The number of hydrogen-bond acceptors (Lipinski definition) is 6. The first-order valence-electron chi connectivity index (χ1n) is 6.08. The molecular weight excluding hydrogens is 276 g/mol.